The highest BCUT2D eigenvalue weighted by atomic mass is 35.5. The Labute approximate surface area is 92.6 Å². The molecule has 0 saturated heterocycles. The van der Waals surface area contributed by atoms with Crippen LogP contribution in [0.2, 0.25) is 5.02 Å². The molecule has 15 heavy (non-hydrogen) atoms. The lowest BCUT2D eigenvalue weighted by Crippen LogP contribution is -2.03. The van der Waals surface area contributed by atoms with Crippen LogP contribution in [-0.4, -0.2) is 19.3 Å². The summed E-state index contributed by atoms with van der Waals surface area (Å²) in [6.45, 7) is 1.71. The van der Waals surface area contributed by atoms with Gasteiger partial charge >= 0.3 is 0 Å². The van der Waals surface area contributed by atoms with Crippen molar-refractivity contribution >= 4 is 28.0 Å². The van der Waals surface area contributed by atoms with E-state index in [0.29, 0.717) is 17.4 Å². The summed E-state index contributed by atoms with van der Waals surface area (Å²) in [5.74, 6) is 0. The minimum atomic E-state index is -4.34. The van der Waals surface area contributed by atoms with Crippen molar-refractivity contribution in [2.45, 2.75) is 18.2 Å². The standard InChI is InChI=1S/C9H9ClO4S/c1-6-2-3-8(15(12,13)14)9(10)7(6)4-5-11/h2-3,5H,4H2,1H3,(H,12,13,14). The van der Waals surface area contributed by atoms with E-state index in [-0.39, 0.29) is 16.3 Å². The van der Waals surface area contributed by atoms with Crippen LogP contribution in [-0.2, 0) is 21.3 Å². The summed E-state index contributed by atoms with van der Waals surface area (Å²) >= 11 is 5.78. The molecule has 82 valence electrons. The maximum absolute atomic E-state index is 10.9. The molecule has 0 aliphatic rings. The molecule has 0 heterocycles. The van der Waals surface area contributed by atoms with Crippen molar-refractivity contribution in [2.24, 2.45) is 0 Å². The highest BCUT2D eigenvalue weighted by Gasteiger charge is 2.18. The first-order valence-electron chi connectivity index (χ1n) is 4.07. The number of aryl methyl sites for hydroxylation is 1. The van der Waals surface area contributed by atoms with E-state index in [9.17, 15) is 13.2 Å². The summed E-state index contributed by atoms with van der Waals surface area (Å²) < 4.78 is 30.7. The zero-order chi connectivity index (χ0) is 11.6. The van der Waals surface area contributed by atoms with E-state index in [1.54, 1.807) is 6.92 Å². The molecule has 0 unspecified atom stereocenters. The fraction of sp³-hybridized carbons (Fsp3) is 0.222. The molecule has 6 heteroatoms. The third kappa shape index (κ3) is 2.56. The number of aldehydes is 1. The molecule has 0 aliphatic carbocycles. The predicted molar refractivity (Wildman–Crippen MR) is 55.8 cm³/mol. The lowest BCUT2D eigenvalue weighted by Gasteiger charge is -2.08. The van der Waals surface area contributed by atoms with Crippen molar-refractivity contribution in [3.63, 3.8) is 0 Å². The minimum Gasteiger partial charge on any atom is -0.303 e. The molecule has 0 aliphatic heterocycles. The summed E-state index contributed by atoms with van der Waals surface area (Å²) in [5, 5.41) is -0.0930. The van der Waals surface area contributed by atoms with E-state index >= 15 is 0 Å². The SMILES string of the molecule is Cc1ccc(S(=O)(=O)O)c(Cl)c1CC=O. The van der Waals surface area contributed by atoms with Crippen LogP contribution < -0.4 is 0 Å². The Hall–Kier alpha value is -0.910. The second-order valence-corrected chi connectivity index (χ2v) is 4.79. The van der Waals surface area contributed by atoms with Gasteiger partial charge in [0.25, 0.3) is 10.1 Å². The van der Waals surface area contributed by atoms with Crippen molar-refractivity contribution in [2.75, 3.05) is 0 Å². The molecule has 0 fully saturated rings. The topological polar surface area (TPSA) is 71.4 Å². The molecule has 0 saturated carbocycles. The van der Waals surface area contributed by atoms with Crippen LogP contribution in [0.5, 0.6) is 0 Å². The summed E-state index contributed by atoms with van der Waals surface area (Å²) in [5.41, 5.74) is 1.13. The average Bonchev–Trinajstić information content (AvgIpc) is 2.09. The van der Waals surface area contributed by atoms with Gasteiger partial charge in [-0.2, -0.15) is 8.42 Å². The molecular weight excluding hydrogens is 240 g/mol. The van der Waals surface area contributed by atoms with Gasteiger partial charge < -0.3 is 4.79 Å². The van der Waals surface area contributed by atoms with Crippen molar-refractivity contribution in [3.05, 3.63) is 28.3 Å². The molecule has 0 amide bonds. The molecule has 0 atom stereocenters. The molecular formula is C9H9ClO4S. The van der Waals surface area contributed by atoms with Crippen LogP contribution in [0, 0.1) is 6.92 Å². The highest BCUT2D eigenvalue weighted by molar-refractivity contribution is 7.86. The highest BCUT2D eigenvalue weighted by Crippen LogP contribution is 2.27. The summed E-state index contributed by atoms with van der Waals surface area (Å²) in [4.78, 5) is 10.0. The lowest BCUT2D eigenvalue weighted by atomic mass is 10.1. The van der Waals surface area contributed by atoms with Crippen molar-refractivity contribution in [1.29, 1.82) is 0 Å². The molecule has 0 radical (unpaired) electrons. The molecule has 0 bridgehead atoms. The number of halogens is 1. The number of carbonyl (C=O) groups excluding carboxylic acids is 1. The van der Waals surface area contributed by atoms with Gasteiger partial charge in [-0.15, -0.1) is 0 Å². The smallest absolute Gasteiger partial charge is 0.296 e. The Balaban J connectivity index is 3.48. The first-order valence-corrected chi connectivity index (χ1v) is 5.89. The van der Waals surface area contributed by atoms with Gasteiger partial charge in [-0.05, 0) is 24.1 Å². The summed E-state index contributed by atoms with van der Waals surface area (Å²) in [6.07, 6.45) is 0.649. The Morgan fingerprint density at radius 1 is 1.47 bits per heavy atom. The zero-order valence-electron chi connectivity index (χ0n) is 7.90. The van der Waals surface area contributed by atoms with Gasteiger partial charge in [0.15, 0.2) is 0 Å². The normalized spacial score (nSPS) is 11.4. The Kier molecular flexibility index (Phi) is 3.49. The molecule has 1 aromatic rings. The van der Waals surface area contributed by atoms with Crippen LogP contribution >= 0.6 is 11.6 Å². The van der Waals surface area contributed by atoms with E-state index in [1.165, 1.54) is 12.1 Å². The fourth-order valence-electron chi connectivity index (χ4n) is 1.23. The van der Waals surface area contributed by atoms with E-state index in [2.05, 4.69) is 0 Å². The first kappa shape index (κ1) is 12.2. The molecule has 1 rings (SSSR count). The maximum atomic E-state index is 10.9. The second kappa shape index (κ2) is 4.30. The van der Waals surface area contributed by atoms with Crippen LogP contribution in [0.4, 0.5) is 0 Å². The lowest BCUT2D eigenvalue weighted by molar-refractivity contribution is -0.107. The Morgan fingerprint density at radius 3 is 2.53 bits per heavy atom. The third-order valence-corrected chi connectivity index (χ3v) is 3.45. The number of carbonyl (C=O) groups is 1. The van der Waals surface area contributed by atoms with Crippen LogP contribution in [0.1, 0.15) is 11.1 Å². The quantitative estimate of drug-likeness (QED) is 0.652. The summed E-state index contributed by atoms with van der Waals surface area (Å²) in [7, 11) is -4.34. The predicted octanol–water partition coefficient (Wildman–Crippen LogP) is 1.64. The summed E-state index contributed by atoms with van der Waals surface area (Å²) in [6, 6.07) is 2.70. The number of rotatable bonds is 3. The van der Waals surface area contributed by atoms with Gasteiger partial charge in [0.05, 0.1) is 5.02 Å². The van der Waals surface area contributed by atoms with Gasteiger partial charge in [-0.25, -0.2) is 0 Å². The van der Waals surface area contributed by atoms with Crippen LogP contribution in [0.25, 0.3) is 0 Å². The van der Waals surface area contributed by atoms with E-state index in [0.717, 1.165) is 0 Å². The van der Waals surface area contributed by atoms with Gasteiger partial charge in [-0.3, -0.25) is 4.55 Å². The van der Waals surface area contributed by atoms with Crippen molar-refractivity contribution < 1.29 is 17.8 Å². The minimum absolute atomic E-state index is 0.0219. The van der Waals surface area contributed by atoms with E-state index in [4.69, 9.17) is 16.2 Å². The molecule has 1 N–H and O–H groups in total. The Morgan fingerprint density at radius 2 is 2.07 bits per heavy atom. The van der Waals surface area contributed by atoms with Crippen LogP contribution in [0.3, 0.4) is 0 Å². The molecule has 4 nitrogen and oxygen atoms in total. The Bertz CT molecular complexity index is 493. The van der Waals surface area contributed by atoms with Gasteiger partial charge in [0.2, 0.25) is 0 Å². The van der Waals surface area contributed by atoms with Gasteiger partial charge in [-0.1, -0.05) is 17.7 Å². The van der Waals surface area contributed by atoms with Gasteiger partial charge in [0, 0.05) is 6.42 Å². The monoisotopic (exact) mass is 248 g/mol. The molecule has 0 spiro atoms. The maximum Gasteiger partial charge on any atom is 0.296 e. The van der Waals surface area contributed by atoms with Crippen LogP contribution in [0.15, 0.2) is 17.0 Å². The number of benzene rings is 1. The second-order valence-electron chi connectivity index (χ2n) is 3.02. The number of hydrogen-bond acceptors (Lipinski definition) is 3. The van der Waals surface area contributed by atoms with E-state index < -0.39 is 10.1 Å². The van der Waals surface area contributed by atoms with Crippen molar-refractivity contribution in [1.82, 2.24) is 0 Å². The average molecular weight is 249 g/mol. The first-order chi connectivity index (χ1) is 6.88. The number of hydrogen-bond donors (Lipinski definition) is 1. The molecule has 0 aromatic heterocycles. The molecule has 1 aromatic carbocycles. The van der Waals surface area contributed by atoms with Gasteiger partial charge in [0.1, 0.15) is 11.2 Å². The largest absolute Gasteiger partial charge is 0.303 e. The zero-order valence-corrected chi connectivity index (χ0v) is 9.47. The third-order valence-electron chi connectivity index (χ3n) is 2.01. The van der Waals surface area contributed by atoms with E-state index in [1.807, 2.05) is 0 Å². The fourth-order valence-corrected chi connectivity index (χ4v) is 2.40. The van der Waals surface area contributed by atoms with Crippen molar-refractivity contribution in [3.8, 4) is 0 Å².